The van der Waals surface area contributed by atoms with E-state index in [1.807, 2.05) is 0 Å². The first-order valence-electron chi connectivity index (χ1n) is 7.26. The molecule has 0 aromatic carbocycles. The van der Waals surface area contributed by atoms with Crippen LogP contribution >= 0.6 is 0 Å². The zero-order chi connectivity index (χ0) is 10.5. The lowest BCUT2D eigenvalue weighted by molar-refractivity contribution is 0.0854. The van der Waals surface area contributed by atoms with Crippen molar-refractivity contribution in [3.63, 3.8) is 0 Å². The van der Waals surface area contributed by atoms with Gasteiger partial charge >= 0.3 is 0 Å². The molecule has 3 saturated heterocycles. The summed E-state index contributed by atoms with van der Waals surface area (Å²) in [5.41, 5.74) is 0. The number of likely N-dealkylation sites (tertiary alicyclic amines) is 1. The molecule has 5 unspecified atom stereocenters. The average molecular weight is 221 g/mol. The lowest BCUT2D eigenvalue weighted by Gasteiger charge is -2.25. The Kier molecular flexibility index (Phi) is 2.29. The summed E-state index contributed by atoms with van der Waals surface area (Å²) in [5.74, 6) is 2.98. The number of ether oxygens (including phenoxy) is 1. The Morgan fingerprint density at radius 3 is 2.44 bits per heavy atom. The molecule has 4 aliphatic rings. The van der Waals surface area contributed by atoms with E-state index in [-0.39, 0.29) is 0 Å². The van der Waals surface area contributed by atoms with E-state index in [1.54, 1.807) is 0 Å². The summed E-state index contributed by atoms with van der Waals surface area (Å²) in [7, 11) is 0. The Bertz CT molecular complexity index is 268. The van der Waals surface area contributed by atoms with Gasteiger partial charge in [0.05, 0.1) is 12.2 Å². The summed E-state index contributed by atoms with van der Waals surface area (Å²) in [4.78, 5) is 2.75. The maximum Gasteiger partial charge on any atom is 0.0621 e. The fourth-order valence-electron chi connectivity index (χ4n) is 4.75. The zero-order valence-electron chi connectivity index (χ0n) is 10.1. The van der Waals surface area contributed by atoms with Crippen LogP contribution in [0.25, 0.3) is 0 Å². The van der Waals surface area contributed by atoms with E-state index in [0.29, 0.717) is 12.2 Å². The second-order valence-corrected chi connectivity index (χ2v) is 6.54. The summed E-state index contributed by atoms with van der Waals surface area (Å²) >= 11 is 0. The van der Waals surface area contributed by atoms with Gasteiger partial charge in [0.15, 0.2) is 0 Å². The number of rotatable bonds is 2. The molecule has 0 amide bonds. The van der Waals surface area contributed by atoms with E-state index in [2.05, 4.69) is 4.90 Å². The van der Waals surface area contributed by atoms with Crippen molar-refractivity contribution in [3.8, 4) is 0 Å². The van der Waals surface area contributed by atoms with Gasteiger partial charge in [-0.3, -0.25) is 0 Å². The predicted molar refractivity (Wildman–Crippen MR) is 63.3 cm³/mol. The van der Waals surface area contributed by atoms with Crippen LogP contribution < -0.4 is 0 Å². The molecule has 0 N–H and O–H groups in total. The van der Waals surface area contributed by atoms with Gasteiger partial charge in [0.2, 0.25) is 0 Å². The van der Waals surface area contributed by atoms with Gasteiger partial charge in [-0.05, 0) is 43.9 Å². The highest BCUT2D eigenvalue weighted by molar-refractivity contribution is 4.94. The van der Waals surface area contributed by atoms with Crippen LogP contribution in [-0.2, 0) is 4.74 Å². The third-order valence-corrected chi connectivity index (χ3v) is 5.53. The number of hydrogen-bond acceptors (Lipinski definition) is 2. The monoisotopic (exact) mass is 221 g/mol. The summed E-state index contributed by atoms with van der Waals surface area (Å²) in [6.07, 6.45) is 9.82. The van der Waals surface area contributed by atoms with Gasteiger partial charge in [-0.1, -0.05) is 6.42 Å². The number of fused-ring (bicyclic) bond motifs is 3. The Hall–Kier alpha value is -0.0800. The van der Waals surface area contributed by atoms with Crippen LogP contribution in [0.3, 0.4) is 0 Å². The normalized spacial score (nSPS) is 51.4. The highest BCUT2D eigenvalue weighted by atomic mass is 16.5. The molecule has 4 fully saturated rings. The number of hydrogen-bond donors (Lipinski definition) is 0. The molecule has 4 rings (SSSR count). The molecule has 0 spiro atoms. The SMILES string of the molecule is C1CC2CN(CC3CC4CCC3O4)CC2C1. The summed E-state index contributed by atoms with van der Waals surface area (Å²) in [6.45, 7) is 4.14. The number of nitrogens with zero attached hydrogens (tertiary/aromatic N) is 1. The first-order chi connectivity index (χ1) is 7.88. The Morgan fingerprint density at radius 1 is 1.00 bits per heavy atom. The van der Waals surface area contributed by atoms with Crippen molar-refractivity contribution in [1.82, 2.24) is 4.90 Å². The van der Waals surface area contributed by atoms with Crippen molar-refractivity contribution < 1.29 is 4.74 Å². The zero-order valence-corrected chi connectivity index (χ0v) is 10.1. The molecule has 0 aromatic rings. The predicted octanol–water partition coefficient (Wildman–Crippen LogP) is 2.29. The van der Waals surface area contributed by atoms with Gasteiger partial charge in [0.25, 0.3) is 0 Å². The van der Waals surface area contributed by atoms with Crippen LogP contribution in [0.5, 0.6) is 0 Å². The van der Waals surface area contributed by atoms with Gasteiger partial charge in [-0.25, -0.2) is 0 Å². The largest absolute Gasteiger partial charge is 0.375 e. The molecule has 2 heteroatoms. The molecule has 90 valence electrons. The van der Waals surface area contributed by atoms with Crippen molar-refractivity contribution >= 4 is 0 Å². The standard InChI is InChI=1S/C14H23NO/c1-2-10-7-15(8-11(10)3-1)9-12-6-13-4-5-14(12)16-13/h10-14H,1-9H2. The van der Waals surface area contributed by atoms with Crippen LogP contribution in [0.4, 0.5) is 0 Å². The lowest BCUT2D eigenvalue weighted by atomic mass is 9.89. The maximum atomic E-state index is 5.96. The van der Waals surface area contributed by atoms with Crippen molar-refractivity contribution in [1.29, 1.82) is 0 Å². The minimum Gasteiger partial charge on any atom is -0.375 e. The fourth-order valence-corrected chi connectivity index (χ4v) is 4.75. The Morgan fingerprint density at radius 2 is 1.81 bits per heavy atom. The van der Waals surface area contributed by atoms with Crippen molar-refractivity contribution in [2.24, 2.45) is 17.8 Å². The Balaban J connectivity index is 1.35. The molecule has 1 aliphatic carbocycles. The lowest BCUT2D eigenvalue weighted by Crippen LogP contribution is -2.32. The minimum atomic E-state index is 0.630. The summed E-state index contributed by atoms with van der Waals surface area (Å²) in [5, 5.41) is 0. The Labute approximate surface area is 98.3 Å². The van der Waals surface area contributed by atoms with E-state index in [9.17, 15) is 0 Å². The van der Waals surface area contributed by atoms with E-state index >= 15 is 0 Å². The second-order valence-electron chi connectivity index (χ2n) is 6.54. The molecule has 0 radical (unpaired) electrons. The van der Waals surface area contributed by atoms with E-state index in [0.717, 1.165) is 17.8 Å². The maximum absolute atomic E-state index is 5.96. The molecule has 0 aromatic heterocycles. The van der Waals surface area contributed by atoms with Gasteiger partial charge < -0.3 is 9.64 Å². The molecule has 5 atom stereocenters. The second kappa shape index (κ2) is 3.71. The summed E-state index contributed by atoms with van der Waals surface area (Å²) < 4.78 is 5.96. The highest BCUT2D eigenvalue weighted by Gasteiger charge is 2.43. The average Bonchev–Trinajstić information content (AvgIpc) is 2.93. The molecule has 2 nitrogen and oxygen atoms in total. The van der Waals surface area contributed by atoms with Gasteiger partial charge in [0.1, 0.15) is 0 Å². The van der Waals surface area contributed by atoms with Crippen LogP contribution in [-0.4, -0.2) is 36.7 Å². The fraction of sp³-hybridized carbons (Fsp3) is 1.00. The molecule has 2 bridgehead atoms. The van der Waals surface area contributed by atoms with Crippen molar-refractivity contribution in [2.75, 3.05) is 19.6 Å². The minimum absolute atomic E-state index is 0.630. The van der Waals surface area contributed by atoms with Gasteiger partial charge in [0, 0.05) is 25.6 Å². The quantitative estimate of drug-likeness (QED) is 0.709. The van der Waals surface area contributed by atoms with Crippen molar-refractivity contribution in [3.05, 3.63) is 0 Å². The molecular formula is C14H23NO. The molecular weight excluding hydrogens is 198 g/mol. The van der Waals surface area contributed by atoms with Crippen LogP contribution in [0.1, 0.15) is 38.5 Å². The molecule has 1 saturated carbocycles. The van der Waals surface area contributed by atoms with E-state index in [4.69, 9.17) is 4.74 Å². The van der Waals surface area contributed by atoms with E-state index in [1.165, 1.54) is 58.2 Å². The highest BCUT2D eigenvalue weighted by Crippen LogP contribution is 2.42. The first kappa shape index (κ1) is 9.90. The van der Waals surface area contributed by atoms with Gasteiger partial charge in [-0.2, -0.15) is 0 Å². The van der Waals surface area contributed by atoms with Gasteiger partial charge in [-0.15, -0.1) is 0 Å². The third-order valence-electron chi connectivity index (χ3n) is 5.53. The molecule has 3 aliphatic heterocycles. The first-order valence-corrected chi connectivity index (χ1v) is 7.26. The molecule has 3 heterocycles. The van der Waals surface area contributed by atoms with Crippen molar-refractivity contribution in [2.45, 2.75) is 50.7 Å². The topological polar surface area (TPSA) is 12.5 Å². The smallest absolute Gasteiger partial charge is 0.0621 e. The van der Waals surface area contributed by atoms with Crippen LogP contribution in [0.2, 0.25) is 0 Å². The van der Waals surface area contributed by atoms with Crippen LogP contribution in [0.15, 0.2) is 0 Å². The summed E-state index contributed by atoms with van der Waals surface area (Å²) in [6, 6.07) is 0. The molecule has 16 heavy (non-hydrogen) atoms. The van der Waals surface area contributed by atoms with Crippen LogP contribution in [0, 0.1) is 17.8 Å². The third kappa shape index (κ3) is 1.53. The van der Waals surface area contributed by atoms with E-state index < -0.39 is 0 Å².